The van der Waals surface area contributed by atoms with Crippen LogP contribution in [0.3, 0.4) is 0 Å². The van der Waals surface area contributed by atoms with Crippen molar-refractivity contribution < 1.29 is 36.3 Å². The first kappa shape index (κ1) is 23.9. The molecule has 1 unspecified atom stereocenters. The van der Waals surface area contributed by atoms with Crippen molar-refractivity contribution >= 4 is 15.9 Å². The number of pyridine rings is 2. The second-order valence-electron chi connectivity index (χ2n) is 7.16. The summed E-state index contributed by atoms with van der Waals surface area (Å²) < 4.78 is 71.7. The van der Waals surface area contributed by atoms with E-state index < -0.39 is 51.3 Å². The number of hydrogen-bond donors (Lipinski definition) is 2. The van der Waals surface area contributed by atoms with Gasteiger partial charge in [0.05, 0.1) is 11.7 Å². The molecule has 1 aliphatic heterocycles. The Kier molecular flexibility index (Phi) is 7.31. The summed E-state index contributed by atoms with van der Waals surface area (Å²) in [6.07, 6.45) is -0.985. The number of sulfonamides is 1. The number of carbonyl (C=O) groups excluding carboxylic acids is 1. The lowest BCUT2D eigenvalue weighted by atomic mass is 10.0. The first-order valence-electron chi connectivity index (χ1n) is 9.62. The van der Waals surface area contributed by atoms with Gasteiger partial charge in [-0.1, -0.05) is 6.07 Å². The van der Waals surface area contributed by atoms with E-state index in [0.717, 1.165) is 16.4 Å². The van der Waals surface area contributed by atoms with Crippen LogP contribution in [0.4, 0.5) is 13.2 Å². The highest BCUT2D eigenvalue weighted by atomic mass is 32.2. The second-order valence-corrected chi connectivity index (χ2v) is 9.18. The van der Waals surface area contributed by atoms with Gasteiger partial charge in [-0.25, -0.2) is 23.2 Å². The fourth-order valence-electron chi connectivity index (χ4n) is 3.39. The van der Waals surface area contributed by atoms with Crippen LogP contribution in [0, 0.1) is 0 Å². The second kappa shape index (κ2) is 9.79. The SMILES string of the molecule is O=C(NO)C(CS(=O)(=O)N1CCC(Oc2ncccc2C(F)(F)F)CC1)c1cccnc1. The van der Waals surface area contributed by atoms with Crippen LogP contribution in [0.15, 0.2) is 42.9 Å². The summed E-state index contributed by atoms with van der Waals surface area (Å²) in [5.41, 5.74) is 0.792. The molecule has 1 aliphatic rings. The molecule has 2 N–H and O–H groups in total. The van der Waals surface area contributed by atoms with E-state index in [1.807, 2.05) is 0 Å². The zero-order valence-electron chi connectivity index (χ0n) is 16.7. The maximum atomic E-state index is 13.1. The normalized spacial score (nSPS) is 17.0. The van der Waals surface area contributed by atoms with E-state index in [2.05, 4.69) is 9.97 Å². The Morgan fingerprint density at radius 3 is 2.53 bits per heavy atom. The van der Waals surface area contributed by atoms with Gasteiger partial charge in [0.1, 0.15) is 11.7 Å². The van der Waals surface area contributed by atoms with Gasteiger partial charge in [0.2, 0.25) is 15.9 Å². The lowest BCUT2D eigenvalue weighted by Gasteiger charge is -2.32. The highest BCUT2D eigenvalue weighted by molar-refractivity contribution is 7.89. The Bertz CT molecular complexity index is 1030. The summed E-state index contributed by atoms with van der Waals surface area (Å²) in [5.74, 6) is -3.22. The zero-order chi connectivity index (χ0) is 23.4. The highest BCUT2D eigenvalue weighted by Gasteiger charge is 2.37. The molecule has 0 saturated carbocycles. The molecule has 174 valence electrons. The molecule has 3 rings (SSSR count). The molecule has 1 fully saturated rings. The summed E-state index contributed by atoms with van der Waals surface area (Å²) in [6.45, 7) is 0.00335. The summed E-state index contributed by atoms with van der Waals surface area (Å²) in [4.78, 5) is 19.6. The summed E-state index contributed by atoms with van der Waals surface area (Å²) in [6, 6.07) is 5.08. The van der Waals surface area contributed by atoms with Crippen molar-refractivity contribution in [3.05, 3.63) is 54.0 Å². The van der Waals surface area contributed by atoms with Gasteiger partial charge in [-0.05, 0) is 36.6 Å². The third-order valence-electron chi connectivity index (χ3n) is 5.04. The molecule has 2 aromatic rings. The van der Waals surface area contributed by atoms with Gasteiger partial charge in [0, 0.05) is 31.7 Å². The van der Waals surface area contributed by atoms with Gasteiger partial charge in [0.25, 0.3) is 5.91 Å². The average Bonchev–Trinajstić information content (AvgIpc) is 2.77. The molecule has 3 heterocycles. The minimum absolute atomic E-state index is 0.00168. The molecule has 0 spiro atoms. The monoisotopic (exact) mass is 474 g/mol. The van der Waals surface area contributed by atoms with E-state index in [4.69, 9.17) is 9.94 Å². The third kappa shape index (κ3) is 5.72. The van der Waals surface area contributed by atoms with Crippen LogP contribution in [-0.4, -0.2) is 58.8 Å². The molecular weight excluding hydrogens is 453 g/mol. The largest absolute Gasteiger partial charge is 0.474 e. The fourth-order valence-corrected chi connectivity index (χ4v) is 5.13. The van der Waals surface area contributed by atoms with E-state index in [1.165, 1.54) is 36.2 Å². The topological polar surface area (TPSA) is 122 Å². The van der Waals surface area contributed by atoms with Crippen molar-refractivity contribution in [3.8, 4) is 5.88 Å². The Balaban J connectivity index is 1.66. The lowest BCUT2D eigenvalue weighted by molar-refractivity contribution is -0.139. The highest BCUT2D eigenvalue weighted by Crippen LogP contribution is 2.35. The quantitative estimate of drug-likeness (QED) is 0.465. The minimum Gasteiger partial charge on any atom is -0.474 e. The number of amides is 1. The Labute approximate surface area is 182 Å². The van der Waals surface area contributed by atoms with Crippen LogP contribution in [-0.2, 0) is 21.0 Å². The van der Waals surface area contributed by atoms with Gasteiger partial charge < -0.3 is 4.74 Å². The molecule has 9 nitrogen and oxygen atoms in total. The predicted molar refractivity (Wildman–Crippen MR) is 105 cm³/mol. The summed E-state index contributed by atoms with van der Waals surface area (Å²) >= 11 is 0. The minimum atomic E-state index is -4.62. The van der Waals surface area contributed by atoms with E-state index in [9.17, 15) is 26.4 Å². The maximum Gasteiger partial charge on any atom is 0.421 e. The smallest absolute Gasteiger partial charge is 0.421 e. The van der Waals surface area contributed by atoms with Crippen molar-refractivity contribution in [1.29, 1.82) is 0 Å². The van der Waals surface area contributed by atoms with Crippen LogP contribution in [0.1, 0.15) is 29.9 Å². The molecule has 1 atom stereocenters. The average molecular weight is 474 g/mol. The molecular formula is C19H21F3N4O5S. The van der Waals surface area contributed by atoms with E-state index >= 15 is 0 Å². The van der Waals surface area contributed by atoms with Gasteiger partial charge in [-0.15, -0.1) is 0 Å². The number of hydroxylamine groups is 1. The number of nitrogens with zero attached hydrogens (tertiary/aromatic N) is 3. The molecule has 0 bridgehead atoms. The maximum absolute atomic E-state index is 13.1. The Morgan fingerprint density at radius 1 is 1.25 bits per heavy atom. The summed E-state index contributed by atoms with van der Waals surface area (Å²) in [5, 5.41) is 9.00. The van der Waals surface area contributed by atoms with Crippen molar-refractivity contribution in [1.82, 2.24) is 19.8 Å². The molecule has 1 amide bonds. The molecule has 0 radical (unpaired) electrons. The number of carbonyl (C=O) groups is 1. The van der Waals surface area contributed by atoms with Crippen LogP contribution < -0.4 is 10.2 Å². The number of halogens is 3. The number of ether oxygens (including phenoxy) is 1. The third-order valence-corrected chi connectivity index (χ3v) is 6.95. The number of piperidine rings is 1. The molecule has 2 aromatic heterocycles. The molecule has 0 aliphatic carbocycles. The van der Waals surface area contributed by atoms with E-state index in [-0.39, 0.29) is 25.9 Å². The Hall–Kier alpha value is -2.77. The van der Waals surface area contributed by atoms with Crippen LogP contribution in [0.2, 0.25) is 0 Å². The van der Waals surface area contributed by atoms with Gasteiger partial charge in [-0.3, -0.25) is 15.0 Å². The van der Waals surface area contributed by atoms with Crippen LogP contribution >= 0.6 is 0 Å². The van der Waals surface area contributed by atoms with Gasteiger partial charge in [-0.2, -0.15) is 13.2 Å². The molecule has 13 heteroatoms. The fraction of sp³-hybridized carbons (Fsp3) is 0.421. The number of aromatic nitrogens is 2. The first-order valence-corrected chi connectivity index (χ1v) is 11.2. The van der Waals surface area contributed by atoms with Crippen molar-refractivity contribution in [2.24, 2.45) is 0 Å². The van der Waals surface area contributed by atoms with Crippen LogP contribution in [0.5, 0.6) is 5.88 Å². The van der Waals surface area contributed by atoms with Gasteiger partial charge in [0.15, 0.2) is 0 Å². The number of alkyl halides is 3. The van der Waals surface area contributed by atoms with Crippen molar-refractivity contribution in [2.45, 2.75) is 31.0 Å². The summed E-state index contributed by atoms with van der Waals surface area (Å²) in [7, 11) is -3.93. The van der Waals surface area contributed by atoms with E-state index in [1.54, 1.807) is 0 Å². The van der Waals surface area contributed by atoms with Crippen molar-refractivity contribution in [2.75, 3.05) is 18.8 Å². The number of hydrogen-bond acceptors (Lipinski definition) is 7. The Morgan fingerprint density at radius 2 is 1.94 bits per heavy atom. The lowest BCUT2D eigenvalue weighted by Crippen LogP contribution is -2.44. The van der Waals surface area contributed by atoms with E-state index in [0.29, 0.717) is 5.56 Å². The standard InChI is InChI=1S/C19H21F3N4O5S/c20-19(21,22)16-4-2-8-24-18(16)31-14-5-9-26(10-6-14)32(29,30)12-15(17(27)25-28)13-3-1-7-23-11-13/h1-4,7-8,11,14-15,28H,5-6,9-10,12H2,(H,25,27). The molecule has 0 aromatic carbocycles. The predicted octanol–water partition coefficient (Wildman–Crippen LogP) is 1.96. The molecule has 32 heavy (non-hydrogen) atoms. The molecule has 1 saturated heterocycles. The van der Waals surface area contributed by atoms with Gasteiger partial charge >= 0.3 is 6.18 Å². The first-order chi connectivity index (χ1) is 15.1. The van der Waals surface area contributed by atoms with Crippen LogP contribution in [0.25, 0.3) is 0 Å². The van der Waals surface area contributed by atoms with Crippen molar-refractivity contribution in [3.63, 3.8) is 0 Å². The zero-order valence-corrected chi connectivity index (χ0v) is 17.5. The number of nitrogens with one attached hydrogen (secondary N) is 1. The number of rotatable bonds is 7.